The molecule has 0 fully saturated rings. The van der Waals surface area contributed by atoms with E-state index in [1.807, 2.05) is 26.0 Å². The number of hydrogen-bond donors (Lipinski definition) is 1. The van der Waals surface area contributed by atoms with E-state index in [1.165, 1.54) is 18.1 Å². The summed E-state index contributed by atoms with van der Waals surface area (Å²) < 4.78 is 10.7. The lowest BCUT2D eigenvalue weighted by atomic mass is 10.1. The third kappa shape index (κ3) is 5.19. The summed E-state index contributed by atoms with van der Waals surface area (Å²) in [5.41, 5.74) is 2.33. The van der Waals surface area contributed by atoms with E-state index in [-0.39, 0.29) is 0 Å². The highest BCUT2D eigenvalue weighted by Gasteiger charge is 2.09. The van der Waals surface area contributed by atoms with Crippen LogP contribution in [0.4, 0.5) is 0 Å². The first-order chi connectivity index (χ1) is 8.49. The lowest BCUT2D eigenvalue weighted by Crippen LogP contribution is -2.20. The summed E-state index contributed by atoms with van der Waals surface area (Å²) in [6.45, 7) is 6.48. The highest BCUT2D eigenvalue weighted by atomic mass is 16.5. The van der Waals surface area contributed by atoms with E-state index in [0.29, 0.717) is 19.6 Å². The third-order valence-electron chi connectivity index (χ3n) is 2.47. The number of ether oxygens (including phenoxy) is 2. The summed E-state index contributed by atoms with van der Waals surface area (Å²) in [6, 6.07) is 6.05. The average Bonchev–Trinajstić information content (AvgIpc) is 2.26. The lowest BCUT2D eigenvalue weighted by molar-refractivity contribution is -0.149. The van der Waals surface area contributed by atoms with E-state index < -0.39 is 12.1 Å². The van der Waals surface area contributed by atoms with Gasteiger partial charge in [0.15, 0.2) is 6.10 Å². The average molecular weight is 252 g/mol. The van der Waals surface area contributed by atoms with E-state index in [4.69, 9.17) is 14.6 Å². The van der Waals surface area contributed by atoms with Crippen molar-refractivity contribution in [2.24, 2.45) is 0 Å². The first-order valence-electron chi connectivity index (χ1n) is 6.04. The monoisotopic (exact) mass is 252 g/mol. The molecule has 100 valence electrons. The molecule has 1 aromatic rings. The van der Waals surface area contributed by atoms with Gasteiger partial charge in [0.25, 0.3) is 0 Å². The molecule has 0 radical (unpaired) electrons. The molecule has 0 bridgehead atoms. The van der Waals surface area contributed by atoms with Crippen molar-refractivity contribution in [3.8, 4) is 5.75 Å². The normalized spacial score (nSPS) is 12.2. The Morgan fingerprint density at radius 2 is 1.83 bits per heavy atom. The van der Waals surface area contributed by atoms with Gasteiger partial charge in [0.1, 0.15) is 5.75 Å². The maximum atomic E-state index is 10.5. The first-order valence-corrected chi connectivity index (χ1v) is 6.04. The van der Waals surface area contributed by atoms with Crippen LogP contribution in [0.1, 0.15) is 24.5 Å². The molecule has 18 heavy (non-hydrogen) atoms. The highest BCUT2D eigenvalue weighted by Crippen LogP contribution is 2.16. The molecular weight excluding hydrogens is 232 g/mol. The fraction of sp³-hybridized carbons (Fsp3) is 0.500. The third-order valence-corrected chi connectivity index (χ3v) is 2.47. The van der Waals surface area contributed by atoms with Crippen LogP contribution >= 0.6 is 0 Å². The quantitative estimate of drug-likeness (QED) is 0.758. The summed E-state index contributed by atoms with van der Waals surface area (Å²) >= 11 is 0. The van der Waals surface area contributed by atoms with Crippen LogP contribution in [0.3, 0.4) is 0 Å². The molecule has 0 aromatic heterocycles. The molecule has 1 aromatic carbocycles. The molecule has 1 rings (SSSR count). The zero-order valence-corrected chi connectivity index (χ0v) is 11.1. The van der Waals surface area contributed by atoms with Crippen molar-refractivity contribution in [3.63, 3.8) is 0 Å². The van der Waals surface area contributed by atoms with Crippen molar-refractivity contribution < 1.29 is 19.4 Å². The molecule has 0 aliphatic rings. The number of carboxylic acids is 1. The number of benzene rings is 1. The van der Waals surface area contributed by atoms with E-state index in [0.717, 1.165) is 5.75 Å². The number of aryl methyl sites for hydroxylation is 2. The number of carbonyl (C=O) groups is 1. The van der Waals surface area contributed by atoms with Gasteiger partial charge in [0.2, 0.25) is 0 Å². The zero-order chi connectivity index (χ0) is 13.5. The molecular formula is C14H20O4. The van der Waals surface area contributed by atoms with E-state index >= 15 is 0 Å². The van der Waals surface area contributed by atoms with Crippen LogP contribution in [-0.4, -0.2) is 30.4 Å². The fourth-order valence-corrected chi connectivity index (χ4v) is 1.60. The lowest BCUT2D eigenvalue weighted by Gasteiger charge is -2.10. The molecule has 0 aliphatic carbocycles. The van der Waals surface area contributed by atoms with Crippen LogP contribution in [0.15, 0.2) is 18.2 Å². The summed E-state index contributed by atoms with van der Waals surface area (Å²) in [4.78, 5) is 10.5. The molecule has 4 nitrogen and oxygen atoms in total. The van der Waals surface area contributed by atoms with Crippen molar-refractivity contribution >= 4 is 5.97 Å². The van der Waals surface area contributed by atoms with Crippen LogP contribution in [0.25, 0.3) is 0 Å². The summed E-state index contributed by atoms with van der Waals surface area (Å²) in [5.74, 6) is -0.0935. The van der Waals surface area contributed by atoms with Crippen LogP contribution in [0.5, 0.6) is 5.75 Å². The zero-order valence-electron chi connectivity index (χ0n) is 11.1. The molecule has 0 unspecified atom stereocenters. The van der Waals surface area contributed by atoms with Crippen LogP contribution in [0.2, 0.25) is 0 Å². The standard InChI is InChI=1S/C14H20O4/c1-10-7-11(2)9-13(8-10)18-6-4-5-17-12(3)14(15)16/h7-9,12H,4-6H2,1-3H3,(H,15,16)/t12-/m1/s1. The Balaban J connectivity index is 2.23. The minimum atomic E-state index is -0.940. The molecule has 1 N–H and O–H groups in total. The number of carboxylic acid groups (broad SMARTS) is 1. The topological polar surface area (TPSA) is 55.8 Å². The van der Waals surface area contributed by atoms with Gasteiger partial charge in [-0.3, -0.25) is 0 Å². The number of aliphatic carboxylic acids is 1. The molecule has 0 amide bonds. The number of rotatable bonds is 7. The van der Waals surface area contributed by atoms with Crippen molar-refractivity contribution in [3.05, 3.63) is 29.3 Å². The molecule has 0 aliphatic heterocycles. The summed E-state index contributed by atoms with van der Waals surface area (Å²) in [6.07, 6.45) is -0.0869. The predicted octanol–water partition coefficient (Wildman–Crippen LogP) is 2.56. The van der Waals surface area contributed by atoms with Crippen molar-refractivity contribution in [1.82, 2.24) is 0 Å². The highest BCUT2D eigenvalue weighted by molar-refractivity contribution is 5.71. The van der Waals surface area contributed by atoms with Gasteiger partial charge in [0, 0.05) is 6.42 Å². The largest absolute Gasteiger partial charge is 0.493 e. The SMILES string of the molecule is Cc1cc(C)cc(OCCCO[C@H](C)C(=O)O)c1. The summed E-state index contributed by atoms with van der Waals surface area (Å²) in [5, 5.41) is 8.62. The minimum absolute atomic E-state index is 0.387. The van der Waals surface area contributed by atoms with E-state index in [1.54, 1.807) is 0 Å². The van der Waals surface area contributed by atoms with Crippen LogP contribution in [0, 0.1) is 13.8 Å². The number of hydrogen-bond acceptors (Lipinski definition) is 3. The molecule has 0 saturated heterocycles. The van der Waals surface area contributed by atoms with Crippen molar-refractivity contribution in [2.45, 2.75) is 33.3 Å². The second-order valence-electron chi connectivity index (χ2n) is 4.38. The van der Waals surface area contributed by atoms with Gasteiger partial charge < -0.3 is 14.6 Å². The van der Waals surface area contributed by atoms with Gasteiger partial charge in [-0.25, -0.2) is 4.79 Å². The van der Waals surface area contributed by atoms with Gasteiger partial charge >= 0.3 is 5.97 Å². The molecule has 4 heteroatoms. The van der Waals surface area contributed by atoms with E-state index in [2.05, 4.69) is 6.07 Å². The van der Waals surface area contributed by atoms with Gasteiger partial charge in [-0.2, -0.15) is 0 Å². The molecule has 0 saturated carbocycles. The Morgan fingerprint density at radius 3 is 2.39 bits per heavy atom. The predicted molar refractivity (Wildman–Crippen MR) is 69.1 cm³/mol. The van der Waals surface area contributed by atoms with E-state index in [9.17, 15) is 4.79 Å². The van der Waals surface area contributed by atoms with Gasteiger partial charge in [0.05, 0.1) is 13.2 Å². The Labute approximate surface area is 108 Å². The molecule has 1 atom stereocenters. The molecule has 0 spiro atoms. The Kier molecular flexibility index (Phi) is 5.65. The Bertz CT molecular complexity index is 381. The van der Waals surface area contributed by atoms with Crippen molar-refractivity contribution in [1.29, 1.82) is 0 Å². The Hall–Kier alpha value is -1.55. The maximum absolute atomic E-state index is 10.5. The smallest absolute Gasteiger partial charge is 0.332 e. The van der Waals surface area contributed by atoms with Crippen LogP contribution < -0.4 is 4.74 Å². The van der Waals surface area contributed by atoms with Gasteiger partial charge in [-0.15, -0.1) is 0 Å². The maximum Gasteiger partial charge on any atom is 0.332 e. The second-order valence-corrected chi connectivity index (χ2v) is 4.38. The Morgan fingerprint density at radius 1 is 1.22 bits per heavy atom. The first kappa shape index (κ1) is 14.5. The second kappa shape index (κ2) is 7.01. The molecule has 0 heterocycles. The minimum Gasteiger partial charge on any atom is -0.493 e. The van der Waals surface area contributed by atoms with Gasteiger partial charge in [-0.05, 0) is 44.0 Å². The fourth-order valence-electron chi connectivity index (χ4n) is 1.60. The van der Waals surface area contributed by atoms with Gasteiger partial charge in [-0.1, -0.05) is 6.07 Å². The summed E-state index contributed by atoms with van der Waals surface area (Å²) in [7, 11) is 0. The van der Waals surface area contributed by atoms with Crippen molar-refractivity contribution in [2.75, 3.05) is 13.2 Å². The van der Waals surface area contributed by atoms with Crippen LogP contribution in [-0.2, 0) is 9.53 Å².